The van der Waals surface area contributed by atoms with Crippen LogP contribution in [0.1, 0.15) is 49.3 Å². The van der Waals surface area contributed by atoms with E-state index in [0.717, 1.165) is 26.1 Å². The summed E-state index contributed by atoms with van der Waals surface area (Å²) in [4.78, 5) is 0. The van der Waals surface area contributed by atoms with Crippen LogP contribution in [0.5, 0.6) is 0 Å². The molecule has 0 nitrogen and oxygen atoms in total. The molecule has 0 fully saturated rings. The number of hydrogen-bond donors (Lipinski definition) is 0. The molecule has 21 heavy (non-hydrogen) atoms. The van der Waals surface area contributed by atoms with Crippen molar-refractivity contribution in [1.82, 2.24) is 0 Å². The summed E-state index contributed by atoms with van der Waals surface area (Å²) in [5.41, 5.74) is 3.71. The summed E-state index contributed by atoms with van der Waals surface area (Å²) in [7, 11) is 0. The molecule has 0 bridgehead atoms. The zero-order valence-electron chi connectivity index (χ0n) is 12.5. The van der Waals surface area contributed by atoms with Crippen molar-refractivity contribution in [1.29, 1.82) is 0 Å². The van der Waals surface area contributed by atoms with E-state index in [1.165, 1.54) is 5.56 Å². The van der Waals surface area contributed by atoms with E-state index in [2.05, 4.69) is 67.6 Å². The molecule has 0 aliphatic heterocycles. The highest BCUT2D eigenvalue weighted by Crippen LogP contribution is 2.35. The van der Waals surface area contributed by atoms with Crippen LogP contribution in [0.2, 0.25) is 5.02 Å². The molecular formula is C18H19Cl2I. The first kappa shape index (κ1) is 17.1. The first-order valence-corrected chi connectivity index (χ1v) is 8.94. The van der Waals surface area contributed by atoms with E-state index in [-0.39, 0.29) is 10.8 Å². The molecule has 0 aliphatic carbocycles. The molecule has 0 saturated heterocycles. The van der Waals surface area contributed by atoms with Gasteiger partial charge in [-0.05, 0) is 69.3 Å². The lowest BCUT2D eigenvalue weighted by Gasteiger charge is -2.24. The van der Waals surface area contributed by atoms with Crippen LogP contribution in [-0.4, -0.2) is 0 Å². The van der Waals surface area contributed by atoms with Gasteiger partial charge in [-0.1, -0.05) is 56.6 Å². The van der Waals surface area contributed by atoms with Gasteiger partial charge in [-0.15, -0.1) is 11.6 Å². The van der Waals surface area contributed by atoms with Crippen molar-refractivity contribution < 1.29 is 0 Å². The number of alkyl halides is 1. The molecule has 1 unspecified atom stereocenters. The molecule has 0 aliphatic rings. The standard InChI is InChI=1S/C18H19Cl2I/c1-4-18(2,3)13-7-5-12(6-8-13)17(20)15-11-14(19)9-10-16(15)21/h5-11,17H,4H2,1-3H3. The quantitative estimate of drug-likeness (QED) is 0.361. The number of benzene rings is 2. The van der Waals surface area contributed by atoms with E-state index >= 15 is 0 Å². The Morgan fingerprint density at radius 1 is 1.10 bits per heavy atom. The molecule has 0 saturated carbocycles. The predicted octanol–water partition coefficient (Wildman–Crippen LogP) is 6.96. The molecule has 0 spiro atoms. The maximum Gasteiger partial charge on any atom is 0.0846 e. The van der Waals surface area contributed by atoms with Crippen molar-refractivity contribution in [2.45, 2.75) is 38.0 Å². The maximum atomic E-state index is 6.65. The molecule has 112 valence electrons. The fourth-order valence-electron chi connectivity index (χ4n) is 2.20. The van der Waals surface area contributed by atoms with E-state index in [1.54, 1.807) is 0 Å². The molecule has 2 aromatic rings. The van der Waals surface area contributed by atoms with E-state index in [0.29, 0.717) is 0 Å². The summed E-state index contributed by atoms with van der Waals surface area (Å²) in [6, 6.07) is 14.5. The molecule has 0 aromatic heterocycles. The SMILES string of the molecule is CCC(C)(C)c1ccc(C(Cl)c2cc(Cl)ccc2I)cc1. The van der Waals surface area contributed by atoms with E-state index in [9.17, 15) is 0 Å². The van der Waals surface area contributed by atoms with Crippen LogP contribution in [0.3, 0.4) is 0 Å². The third kappa shape index (κ3) is 3.94. The van der Waals surface area contributed by atoms with Crippen molar-refractivity contribution in [3.05, 3.63) is 67.7 Å². The second kappa shape index (κ2) is 6.89. The Balaban J connectivity index is 2.32. The Bertz CT molecular complexity index is 618. The summed E-state index contributed by atoms with van der Waals surface area (Å²) >= 11 is 15.0. The Hall–Kier alpha value is -0.250. The first-order chi connectivity index (χ1) is 9.85. The smallest absolute Gasteiger partial charge is 0.0846 e. The molecule has 3 heteroatoms. The van der Waals surface area contributed by atoms with Gasteiger partial charge in [0.2, 0.25) is 0 Å². The third-order valence-corrected chi connectivity index (χ3v) is 5.80. The fourth-order valence-corrected chi connectivity index (χ4v) is 3.53. The second-order valence-electron chi connectivity index (χ2n) is 5.89. The zero-order valence-corrected chi connectivity index (χ0v) is 16.1. The fraction of sp³-hybridized carbons (Fsp3) is 0.333. The molecule has 0 heterocycles. The molecule has 1 atom stereocenters. The Morgan fingerprint density at radius 2 is 1.71 bits per heavy atom. The Labute approximate surface area is 151 Å². The minimum absolute atomic E-state index is 0.172. The van der Waals surface area contributed by atoms with Crippen molar-refractivity contribution >= 4 is 45.8 Å². The monoisotopic (exact) mass is 432 g/mol. The lowest BCUT2D eigenvalue weighted by molar-refractivity contribution is 0.506. The van der Waals surface area contributed by atoms with Gasteiger partial charge in [-0.2, -0.15) is 0 Å². The van der Waals surface area contributed by atoms with Crippen molar-refractivity contribution in [3.63, 3.8) is 0 Å². The minimum Gasteiger partial charge on any atom is -0.113 e. The Morgan fingerprint density at radius 3 is 2.29 bits per heavy atom. The van der Waals surface area contributed by atoms with Crippen molar-refractivity contribution in [3.8, 4) is 0 Å². The summed E-state index contributed by atoms with van der Waals surface area (Å²) in [6.07, 6.45) is 1.11. The number of rotatable bonds is 4. The van der Waals surface area contributed by atoms with Crippen LogP contribution in [-0.2, 0) is 5.41 Å². The molecular weight excluding hydrogens is 414 g/mol. The highest BCUT2D eigenvalue weighted by Gasteiger charge is 2.19. The van der Waals surface area contributed by atoms with Crippen LogP contribution < -0.4 is 0 Å². The van der Waals surface area contributed by atoms with Gasteiger partial charge in [0, 0.05) is 8.59 Å². The highest BCUT2D eigenvalue weighted by molar-refractivity contribution is 14.1. The van der Waals surface area contributed by atoms with Crippen LogP contribution in [0.4, 0.5) is 0 Å². The zero-order chi connectivity index (χ0) is 15.6. The van der Waals surface area contributed by atoms with E-state index in [1.807, 2.05) is 18.2 Å². The van der Waals surface area contributed by atoms with Crippen LogP contribution in [0.15, 0.2) is 42.5 Å². The summed E-state index contributed by atoms with van der Waals surface area (Å²) in [6.45, 7) is 6.74. The van der Waals surface area contributed by atoms with Gasteiger partial charge in [0.05, 0.1) is 5.38 Å². The number of halogens is 3. The molecule has 2 rings (SSSR count). The van der Waals surface area contributed by atoms with Gasteiger partial charge in [-0.3, -0.25) is 0 Å². The second-order valence-corrected chi connectivity index (χ2v) is 7.92. The lowest BCUT2D eigenvalue weighted by Crippen LogP contribution is -2.15. The normalized spacial score (nSPS) is 13.2. The van der Waals surface area contributed by atoms with Gasteiger partial charge >= 0.3 is 0 Å². The van der Waals surface area contributed by atoms with E-state index < -0.39 is 0 Å². The molecule has 2 aromatic carbocycles. The van der Waals surface area contributed by atoms with Gasteiger partial charge < -0.3 is 0 Å². The van der Waals surface area contributed by atoms with Crippen molar-refractivity contribution in [2.75, 3.05) is 0 Å². The van der Waals surface area contributed by atoms with Crippen LogP contribution in [0, 0.1) is 3.57 Å². The van der Waals surface area contributed by atoms with Gasteiger partial charge in [0.1, 0.15) is 0 Å². The predicted molar refractivity (Wildman–Crippen MR) is 102 cm³/mol. The minimum atomic E-state index is -0.172. The Kier molecular flexibility index (Phi) is 5.61. The maximum absolute atomic E-state index is 6.65. The summed E-state index contributed by atoms with van der Waals surface area (Å²) < 4.78 is 1.13. The average molecular weight is 433 g/mol. The number of hydrogen-bond acceptors (Lipinski definition) is 0. The largest absolute Gasteiger partial charge is 0.113 e. The van der Waals surface area contributed by atoms with Crippen LogP contribution >= 0.6 is 45.8 Å². The van der Waals surface area contributed by atoms with Gasteiger partial charge in [0.25, 0.3) is 0 Å². The lowest BCUT2D eigenvalue weighted by atomic mass is 9.82. The van der Waals surface area contributed by atoms with Crippen molar-refractivity contribution in [2.24, 2.45) is 0 Å². The summed E-state index contributed by atoms with van der Waals surface area (Å²) in [5.74, 6) is 0. The van der Waals surface area contributed by atoms with E-state index in [4.69, 9.17) is 23.2 Å². The molecule has 0 N–H and O–H groups in total. The first-order valence-electron chi connectivity index (χ1n) is 7.04. The van der Waals surface area contributed by atoms with Gasteiger partial charge in [0.15, 0.2) is 0 Å². The highest BCUT2D eigenvalue weighted by atomic mass is 127. The topological polar surface area (TPSA) is 0 Å². The average Bonchev–Trinajstić information content (AvgIpc) is 2.49. The molecule has 0 amide bonds. The van der Waals surface area contributed by atoms with Crippen LogP contribution in [0.25, 0.3) is 0 Å². The van der Waals surface area contributed by atoms with Gasteiger partial charge in [-0.25, -0.2) is 0 Å². The molecule has 0 radical (unpaired) electrons. The third-order valence-electron chi connectivity index (χ3n) is 4.10. The summed E-state index contributed by atoms with van der Waals surface area (Å²) in [5, 5.41) is 0.550.